The van der Waals surface area contributed by atoms with Crippen molar-refractivity contribution in [3.05, 3.63) is 51.2 Å². The number of nitrogens with two attached hydrogens (primary N) is 1. The molecule has 0 aliphatic heterocycles. The van der Waals surface area contributed by atoms with Crippen LogP contribution in [-0.2, 0) is 6.54 Å². The Morgan fingerprint density at radius 2 is 2.06 bits per heavy atom. The highest BCUT2D eigenvalue weighted by atomic mass is 32.1. The summed E-state index contributed by atoms with van der Waals surface area (Å²) >= 11 is 1.66. The van der Waals surface area contributed by atoms with Gasteiger partial charge in [0.15, 0.2) is 0 Å². The molecule has 1 aromatic carbocycles. The Morgan fingerprint density at radius 1 is 1.28 bits per heavy atom. The SMILES string of the molecule is Cc1cc(N)ccc1C(=O)NCc1sccc1C. The summed E-state index contributed by atoms with van der Waals surface area (Å²) in [6.07, 6.45) is 0. The summed E-state index contributed by atoms with van der Waals surface area (Å²) in [5, 5.41) is 4.97. The van der Waals surface area contributed by atoms with E-state index in [2.05, 4.69) is 11.4 Å². The molecule has 0 aliphatic carbocycles. The molecular formula is C14H16N2OS. The Balaban J connectivity index is 2.06. The van der Waals surface area contributed by atoms with Gasteiger partial charge in [0.05, 0.1) is 6.54 Å². The lowest BCUT2D eigenvalue weighted by molar-refractivity contribution is 0.0950. The smallest absolute Gasteiger partial charge is 0.251 e. The molecule has 0 unspecified atom stereocenters. The first-order valence-corrected chi connectivity index (χ1v) is 6.63. The van der Waals surface area contributed by atoms with Gasteiger partial charge in [-0.15, -0.1) is 11.3 Å². The van der Waals surface area contributed by atoms with Gasteiger partial charge in [-0.1, -0.05) is 0 Å². The highest BCUT2D eigenvalue weighted by molar-refractivity contribution is 7.10. The maximum absolute atomic E-state index is 12.0. The fourth-order valence-electron chi connectivity index (χ4n) is 1.78. The van der Waals surface area contributed by atoms with E-state index in [4.69, 9.17) is 5.73 Å². The number of nitrogen functional groups attached to an aromatic ring is 1. The van der Waals surface area contributed by atoms with Gasteiger partial charge in [0.2, 0.25) is 0 Å². The van der Waals surface area contributed by atoms with Gasteiger partial charge in [-0.3, -0.25) is 4.79 Å². The number of anilines is 1. The predicted octanol–water partition coefficient (Wildman–Crippen LogP) is 2.88. The predicted molar refractivity (Wildman–Crippen MR) is 75.8 cm³/mol. The first-order chi connectivity index (χ1) is 8.58. The van der Waals surface area contributed by atoms with Crippen molar-refractivity contribution in [1.29, 1.82) is 0 Å². The summed E-state index contributed by atoms with van der Waals surface area (Å²) in [6, 6.07) is 7.38. The van der Waals surface area contributed by atoms with E-state index in [1.807, 2.05) is 25.3 Å². The molecule has 2 rings (SSSR count). The maximum Gasteiger partial charge on any atom is 0.251 e. The summed E-state index contributed by atoms with van der Waals surface area (Å²) in [4.78, 5) is 13.2. The molecule has 94 valence electrons. The van der Waals surface area contributed by atoms with Crippen LogP contribution < -0.4 is 11.1 Å². The third-order valence-electron chi connectivity index (χ3n) is 2.87. The number of rotatable bonds is 3. The van der Waals surface area contributed by atoms with Gasteiger partial charge < -0.3 is 11.1 Å². The van der Waals surface area contributed by atoms with Crippen LogP contribution in [0.25, 0.3) is 0 Å². The van der Waals surface area contributed by atoms with Crippen LogP contribution in [0, 0.1) is 13.8 Å². The Labute approximate surface area is 111 Å². The van der Waals surface area contributed by atoms with Crippen LogP contribution in [-0.4, -0.2) is 5.91 Å². The topological polar surface area (TPSA) is 55.1 Å². The number of aryl methyl sites for hydroxylation is 2. The van der Waals surface area contributed by atoms with Crippen molar-refractivity contribution in [2.24, 2.45) is 0 Å². The van der Waals surface area contributed by atoms with Crippen molar-refractivity contribution in [2.45, 2.75) is 20.4 Å². The third-order valence-corrected chi connectivity index (χ3v) is 3.90. The number of hydrogen-bond donors (Lipinski definition) is 2. The van der Waals surface area contributed by atoms with E-state index in [0.29, 0.717) is 17.8 Å². The highest BCUT2D eigenvalue weighted by Gasteiger charge is 2.09. The minimum absolute atomic E-state index is 0.0553. The van der Waals surface area contributed by atoms with Crippen LogP contribution in [0.15, 0.2) is 29.6 Å². The monoisotopic (exact) mass is 260 g/mol. The molecule has 0 atom stereocenters. The molecule has 4 heteroatoms. The summed E-state index contributed by atoms with van der Waals surface area (Å²) in [5.74, 6) is -0.0553. The van der Waals surface area contributed by atoms with Gasteiger partial charge in [-0.05, 0) is 54.6 Å². The van der Waals surface area contributed by atoms with Crippen LogP contribution in [0.4, 0.5) is 5.69 Å². The first-order valence-electron chi connectivity index (χ1n) is 5.75. The molecule has 3 N–H and O–H groups in total. The van der Waals surface area contributed by atoms with Gasteiger partial charge in [0, 0.05) is 16.1 Å². The van der Waals surface area contributed by atoms with Gasteiger partial charge >= 0.3 is 0 Å². The molecule has 0 aliphatic rings. The average Bonchev–Trinajstić information content (AvgIpc) is 2.72. The van der Waals surface area contributed by atoms with Crippen molar-refractivity contribution in [1.82, 2.24) is 5.32 Å². The fraction of sp³-hybridized carbons (Fsp3) is 0.214. The zero-order valence-electron chi connectivity index (χ0n) is 10.5. The number of thiophene rings is 1. The minimum atomic E-state index is -0.0553. The standard InChI is InChI=1S/C14H16N2OS/c1-9-5-6-18-13(9)8-16-14(17)12-4-3-11(15)7-10(12)2/h3-7H,8,15H2,1-2H3,(H,16,17). The normalized spacial score (nSPS) is 10.3. The molecule has 1 heterocycles. The molecule has 18 heavy (non-hydrogen) atoms. The van der Waals surface area contributed by atoms with Gasteiger partial charge in [0.25, 0.3) is 5.91 Å². The third kappa shape index (κ3) is 2.71. The van der Waals surface area contributed by atoms with Crippen molar-refractivity contribution in [3.63, 3.8) is 0 Å². The average molecular weight is 260 g/mol. The molecular weight excluding hydrogens is 244 g/mol. The molecule has 1 amide bonds. The van der Waals surface area contributed by atoms with Crippen molar-refractivity contribution in [3.8, 4) is 0 Å². The number of hydrogen-bond acceptors (Lipinski definition) is 3. The summed E-state index contributed by atoms with van der Waals surface area (Å²) in [6.45, 7) is 4.51. The van der Waals surface area contributed by atoms with E-state index in [0.717, 1.165) is 5.56 Å². The molecule has 3 nitrogen and oxygen atoms in total. The molecule has 0 spiro atoms. The van der Waals surface area contributed by atoms with Crippen LogP contribution in [0.3, 0.4) is 0 Å². The minimum Gasteiger partial charge on any atom is -0.399 e. The zero-order chi connectivity index (χ0) is 13.1. The molecule has 0 saturated heterocycles. The lowest BCUT2D eigenvalue weighted by atomic mass is 10.1. The van der Waals surface area contributed by atoms with Gasteiger partial charge in [0.1, 0.15) is 0 Å². The summed E-state index contributed by atoms with van der Waals surface area (Å²) < 4.78 is 0. The summed E-state index contributed by atoms with van der Waals surface area (Å²) in [7, 11) is 0. The Kier molecular flexibility index (Phi) is 3.67. The van der Waals surface area contributed by atoms with E-state index in [9.17, 15) is 4.79 Å². The van der Waals surface area contributed by atoms with E-state index >= 15 is 0 Å². The molecule has 0 radical (unpaired) electrons. The second-order valence-corrected chi connectivity index (χ2v) is 5.28. The largest absolute Gasteiger partial charge is 0.399 e. The van der Waals surface area contributed by atoms with E-state index in [-0.39, 0.29) is 5.91 Å². The van der Waals surface area contributed by atoms with E-state index < -0.39 is 0 Å². The molecule has 0 saturated carbocycles. The maximum atomic E-state index is 12.0. The number of amides is 1. The van der Waals surface area contributed by atoms with E-state index in [1.54, 1.807) is 23.5 Å². The van der Waals surface area contributed by atoms with Gasteiger partial charge in [-0.2, -0.15) is 0 Å². The second-order valence-electron chi connectivity index (χ2n) is 4.28. The quantitative estimate of drug-likeness (QED) is 0.834. The van der Waals surface area contributed by atoms with Crippen LogP contribution in [0.2, 0.25) is 0 Å². The molecule has 0 bridgehead atoms. The number of nitrogens with one attached hydrogen (secondary N) is 1. The Morgan fingerprint density at radius 3 is 2.67 bits per heavy atom. The van der Waals surface area contributed by atoms with Gasteiger partial charge in [-0.25, -0.2) is 0 Å². The van der Waals surface area contributed by atoms with Crippen molar-refractivity contribution >= 4 is 22.9 Å². The van der Waals surface area contributed by atoms with E-state index in [1.165, 1.54) is 10.4 Å². The molecule has 1 aromatic heterocycles. The van der Waals surface area contributed by atoms with Crippen LogP contribution in [0.5, 0.6) is 0 Å². The Bertz CT molecular complexity index is 575. The number of carbonyl (C=O) groups excluding carboxylic acids is 1. The first kappa shape index (κ1) is 12.6. The second kappa shape index (κ2) is 5.23. The lowest BCUT2D eigenvalue weighted by Crippen LogP contribution is -2.23. The number of benzene rings is 1. The lowest BCUT2D eigenvalue weighted by Gasteiger charge is -2.08. The van der Waals surface area contributed by atoms with Crippen molar-refractivity contribution in [2.75, 3.05) is 5.73 Å². The number of carbonyl (C=O) groups is 1. The zero-order valence-corrected chi connectivity index (χ0v) is 11.3. The highest BCUT2D eigenvalue weighted by Crippen LogP contribution is 2.16. The van der Waals surface area contributed by atoms with Crippen molar-refractivity contribution < 1.29 is 4.79 Å². The molecule has 0 fully saturated rings. The summed E-state index contributed by atoms with van der Waals surface area (Å²) in [5.41, 5.74) is 9.14. The Hall–Kier alpha value is -1.81. The fourth-order valence-corrected chi connectivity index (χ4v) is 2.63. The molecule has 2 aromatic rings. The van der Waals surface area contributed by atoms with Crippen LogP contribution >= 0.6 is 11.3 Å². The van der Waals surface area contributed by atoms with Crippen LogP contribution in [0.1, 0.15) is 26.4 Å².